The molecule has 1 rings (SSSR count). The van der Waals surface area contributed by atoms with Gasteiger partial charge in [-0.05, 0) is 109 Å². The Morgan fingerprint density at radius 3 is 1.06 bits per heavy atom. The number of unbranched alkanes of at least 4 members (excludes halogenated alkanes) is 19. The Labute approximate surface area is 662 Å². The fourth-order valence-corrected chi connectivity index (χ4v) is 8.36. The maximum Gasteiger partial charge on any atom is 0.475 e. The van der Waals surface area contributed by atoms with Crippen LogP contribution < -0.4 is 5.32 Å². The van der Waals surface area contributed by atoms with Crippen molar-refractivity contribution in [2.75, 3.05) is 187 Å². The van der Waals surface area contributed by atoms with E-state index >= 15 is 0 Å². The predicted octanol–water partition coefficient (Wildman–Crippen LogP) is 13.4. The van der Waals surface area contributed by atoms with Crippen LogP contribution in [0.5, 0.6) is 0 Å². The Hall–Kier alpha value is -2.59. The third-order valence-electron chi connectivity index (χ3n) is 13.2. The topological polar surface area (TPSA) is 398 Å². The zero-order valence-electron chi connectivity index (χ0n) is 71.0. The number of methoxy groups -OCH3 is 3. The van der Waals surface area contributed by atoms with Gasteiger partial charge >= 0.3 is 19.8 Å². The van der Waals surface area contributed by atoms with Crippen molar-refractivity contribution in [2.24, 2.45) is 0 Å². The number of esters is 2. The average molecular weight is 1620 g/mol. The second-order valence-electron chi connectivity index (χ2n) is 23.9. The molecular weight excluding hydrogens is 1440 g/mol. The Bertz CT molecular complexity index is 1580. The van der Waals surface area contributed by atoms with Gasteiger partial charge in [0, 0.05) is 99.0 Å². The van der Waals surface area contributed by atoms with E-state index in [4.69, 9.17) is 98.5 Å². The van der Waals surface area contributed by atoms with Crippen molar-refractivity contribution in [3.63, 3.8) is 0 Å². The first-order valence-electron chi connectivity index (χ1n) is 40.6. The van der Waals surface area contributed by atoms with Gasteiger partial charge in [0.25, 0.3) is 0 Å². The molecule has 0 amide bonds. The lowest BCUT2D eigenvalue weighted by atomic mass is 10.1. The van der Waals surface area contributed by atoms with Crippen LogP contribution in [0.4, 0.5) is 8.78 Å². The van der Waals surface area contributed by atoms with Crippen LogP contribution in [0.25, 0.3) is 0 Å². The lowest BCUT2D eigenvalue weighted by molar-refractivity contribution is -0.142. The molecule has 26 nitrogen and oxygen atoms in total. The normalized spacial score (nSPS) is 10.6. The van der Waals surface area contributed by atoms with Gasteiger partial charge in [0.1, 0.15) is 0 Å². The summed E-state index contributed by atoms with van der Waals surface area (Å²) in [6.07, 6.45) is 33.0. The molecule has 29 heteroatoms. The van der Waals surface area contributed by atoms with Crippen molar-refractivity contribution in [1.29, 1.82) is 0 Å². The van der Waals surface area contributed by atoms with Crippen molar-refractivity contribution in [3.8, 4) is 0 Å². The number of halogens is 2. The molecule has 0 saturated heterocycles. The highest BCUT2D eigenvalue weighted by Gasteiger charge is 2.27. The summed E-state index contributed by atoms with van der Waals surface area (Å²) in [6, 6.07) is 9.36. The number of hydrogen-bond donors (Lipinski definition) is 13. The molecular formula is C80H172F2NO25P. The number of nitrogens with one attached hydrogen (secondary N) is 1. The molecule has 0 aromatic heterocycles. The van der Waals surface area contributed by atoms with Crippen LogP contribution in [0.3, 0.4) is 0 Å². The molecule has 0 saturated carbocycles. The molecule has 0 heterocycles. The Morgan fingerprint density at radius 2 is 0.716 bits per heavy atom. The van der Waals surface area contributed by atoms with Gasteiger partial charge < -0.3 is 99.8 Å². The number of rotatable bonds is 61. The van der Waals surface area contributed by atoms with Crippen LogP contribution in [-0.2, 0) is 67.5 Å². The first-order chi connectivity index (χ1) is 52.8. The summed E-state index contributed by atoms with van der Waals surface area (Å²) in [5, 5.41) is 102. The van der Waals surface area contributed by atoms with Gasteiger partial charge in [0.05, 0.1) is 107 Å². The van der Waals surface area contributed by atoms with Gasteiger partial charge in [-0.15, -0.1) is 0 Å². The van der Waals surface area contributed by atoms with Gasteiger partial charge in [-0.3, -0.25) is 23.2 Å². The molecule has 109 heavy (non-hydrogen) atoms. The van der Waals surface area contributed by atoms with Crippen LogP contribution in [-0.4, -0.2) is 266 Å². The lowest BCUT2D eigenvalue weighted by Gasteiger charge is -2.17. The average Bonchev–Trinajstić information content (AvgIpc) is 0.887. The fourth-order valence-electron chi connectivity index (χ4n) is 7.17. The fraction of sp³-hybridized carbons (Fsp3) is 0.900. The van der Waals surface area contributed by atoms with E-state index in [0.717, 1.165) is 115 Å². The molecule has 0 aliphatic rings. The van der Waals surface area contributed by atoms with E-state index in [1.165, 1.54) is 111 Å². The summed E-state index contributed by atoms with van der Waals surface area (Å²) in [6.45, 7) is 24.9. The zero-order chi connectivity index (χ0) is 84.8. The van der Waals surface area contributed by atoms with Crippen LogP contribution >= 0.6 is 7.82 Å². The van der Waals surface area contributed by atoms with E-state index in [0.29, 0.717) is 105 Å². The maximum atomic E-state index is 12.3. The first kappa shape index (κ1) is 130. The minimum Gasteiger partial charge on any atom is -0.469 e. The van der Waals surface area contributed by atoms with E-state index in [2.05, 4.69) is 42.5 Å². The van der Waals surface area contributed by atoms with Gasteiger partial charge in [-0.2, -0.15) is 0 Å². The largest absolute Gasteiger partial charge is 0.475 e. The third-order valence-corrected chi connectivity index (χ3v) is 14.7. The van der Waals surface area contributed by atoms with Gasteiger partial charge in [-0.1, -0.05) is 188 Å². The number of aliphatic hydroxyl groups excluding tert-OH is 12. The molecule has 0 spiro atoms. The second-order valence-corrected chi connectivity index (χ2v) is 25.6. The van der Waals surface area contributed by atoms with Crippen molar-refractivity contribution in [3.05, 3.63) is 35.9 Å². The van der Waals surface area contributed by atoms with Crippen LogP contribution in [0.2, 0.25) is 0 Å². The smallest absolute Gasteiger partial charge is 0.469 e. The van der Waals surface area contributed by atoms with Crippen molar-refractivity contribution < 1.29 is 131 Å². The summed E-state index contributed by atoms with van der Waals surface area (Å²) in [7, 11) is 2.67. The van der Waals surface area contributed by atoms with E-state index in [1.807, 2.05) is 58.2 Å². The number of phosphoric ester groups is 1. The highest BCUT2D eigenvalue weighted by Crippen LogP contribution is 2.50. The molecule has 0 fully saturated rings. The number of phosphoric acid groups is 1. The number of carbonyl (C=O) groups is 2. The molecule has 0 radical (unpaired) electrons. The molecule has 1 aromatic rings. The minimum absolute atomic E-state index is 0.0507. The van der Waals surface area contributed by atoms with Crippen molar-refractivity contribution >= 4 is 19.8 Å². The quantitative estimate of drug-likeness (QED) is 0.0164. The molecule has 0 aliphatic carbocycles. The van der Waals surface area contributed by atoms with E-state index in [-0.39, 0.29) is 71.0 Å². The number of ether oxygens (including phenoxy) is 7. The zero-order valence-corrected chi connectivity index (χ0v) is 71.9. The standard InChI is InChI=1S/C13H21O5P.C11H24O.C9H20O4.C6H12F2O.C6H15NO.C6H14O2.2C6H14O.C5H10O3.C5H12O2.C4H8O3.C3H8O/c1-2-3-10-16-19(15,17-11-9-14)18-12-13-7-5-4-6-8-13;1-2-3-4-5-6-7-8-9-10-11-12;1-2-4-11-6-8-13-9-7-12-5-3-10;1-2-3-6(7,8)4-5-9;1-7-5-3-2-4-6-8;1-8-6-4-2-3-5-7;2*1-2-3-4-5-6-7;1-8-5(7)3-2-4-6;1-2-4-7-5-3-6;1-7-4(6)2-3-5;1-2-3-4/h4-8,14H,2-3,9-12H2,1H3;12H,2-11H2,1H3;10H,2-9H2,1H3;9H,2-5H2,1H3;7-8H,2-6H2,1H3;7H,2-6H2,1H3;2*7H,2-6H2,1H3;6H,2-4H2,1H3;6H,2-5H2,1H3;5H,2-3H2,1H3;4H,2-3H2,1H3. The van der Waals surface area contributed by atoms with E-state index in [1.54, 1.807) is 14.0 Å². The van der Waals surface area contributed by atoms with E-state index in [9.17, 15) is 22.9 Å². The summed E-state index contributed by atoms with van der Waals surface area (Å²) >= 11 is 0. The number of carbonyl (C=O) groups excluding carboxylic acids is 2. The third kappa shape index (κ3) is 162. The van der Waals surface area contributed by atoms with E-state index < -0.39 is 26.8 Å². The molecule has 13 N–H and O–H groups in total. The highest BCUT2D eigenvalue weighted by atomic mass is 31.2. The summed E-state index contributed by atoms with van der Waals surface area (Å²) in [5.41, 5.74) is 0.884. The van der Waals surface area contributed by atoms with Crippen LogP contribution in [0, 0.1) is 0 Å². The lowest BCUT2D eigenvalue weighted by Crippen LogP contribution is -2.16. The van der Waals surface area contributed by atoms with Gasteiger partial charge in [0.15, 0.2) is 0 Å². The number of aliphatic hydroxyl groups is 12. The number of alkyl halides is 2. The molecule has 1 unspecified atom stereocenters. The van der Waals surface area contributed by atoms with Crippen LogP contribution in [0.15, 0.2) is 30.3 Å². The number of hydrogen-bond acceptors (Lipinski definition) is 26. The molecule has 0 bridgehead atoms. The maximum absolute atomic E-state index is 12.3. The van der Waals surface area contributed by atoms with Crippen molar-refractivity contribution in [1.82, 2.24) is 5.32 Å². The highest BCUT2D eigenvalue weighted by molar-refractivity contribution is 7.48. The van der Waals surface area contributed by atoms with Crippen LogP contribution in [0.1, 0.15) is 279 Å². The second kappa shape index (κ2) is 132. The molecule has 1 atom stereocenters. The predicted molar refractivity (Wildman–Crippen MR) is 436 cm³/mol. The van der Waals surface area contributed by atoms with Crippen molar-refractivity contribution in [2.45, 2.75) is 286 Å². The summed E-state index contributed by atoms with van der Waals surface area (Å²) < 4.78 is 85.8. The summed E-state index contributed by atoms with van der Waals surface area (Å²) in [4.78, 5) is 20.3. The SMILES string of the molecule is CCCC(F)(F)CCO.CCCCCCCCCCCO.CCCCCCO.CCCCCCO.CCCCOP(=O)(OCCO)OCc1ccccc1.CCCO.CCCOCCO.CCCOCCOCCOCCO.CNCCCCCO.COC(=O)CCCO.COC(=O)CCO.COCCCCCO. The van der Waals surface area contributed by atoms with Gasteiger partial charge in [-0.25, -0.2) is 13.3 Å². The Balaban J connectivity index is -0.000000109. The minimum atomic E-state index is -3.59. The molecule has 666 valence electrons. The molecule has 1 aromatic carbocycles. The summed E-state index contributed by atoms with van der Waals surface area (Å²) in [5.74, 6) is -3.29. The Morgan fingerprint density at radius 1 is 0.349 bits per heavy atom. The number of benzene rings is 1. The van der Waals surface area contributed by atoms with Gasteiger partial charge in [0.2, 0.25) is 5.92 Å². The Kier molecular flexibility index (Phi) is 157. The molecule has 0 aliphatic heterocycles. The monoisotopic (exact) mass is 1620 g/mol. The first-order valence-corrected chi connectivity index (χ1v) is 42.1.